The van der Waals surface area contributed by atoms with Crippen LogP contribution in [0.4, 0.5) is 4.39 Å². The normalized spacial score (nSPS) is 20.3. The van der Waals surface area contributed by atoms with E-state index in [1.54, 1.807) is 11.0 Å². The molecule has 1 heterocycles. The second-order valence-electron chi connectivity index (χ2n) is 5.59. The molecule has 2 aliphatic rings. The van der Waals surface area contributed by atoms with Crippen LogP contribution >= 0.6 is 0 Å². The Morgan fingerprint density at radius 2 is 2.25 bits per heavy atom. The first kappa shape index (κ1) is 13.1. The van der Waals surface area contributed by atoms with Gasteiger partial charge in [-0.1, -0.05) is 0 Å². The van der Waals surface area contributed by atoms with E-state index in [2.05, 4.69) is 0 Å². The molecule has 1 aromatic carbocycles. The molecule has 1 saturated carbocycles. The zero-order chi connectivity index (χ0) is 14.2. The lowest BCUT2D eigenvalue weighted by molar-refractivity contribution is 0.0735. The maximum atomic E-state index is 13.3. The highest BCUT2D eigenvalue weighted by molar-refractivity contribution is 5.94. The van der Waals surface area contributed by atoms with Crippen LogP contribution < -0.4 is 0 Å². The number of hydrogen-bond donors (Lipinski definition) is 0. The highest BCUT2D eigenvalue weighted by Gasteiger charge is 2.46. The Morgan fingerprint density at radius 3 is 2.95 bits per heavy atom. The summed E-state index contributed by atoms with van der Waals surface area (Å²) in [6.45, 7) is 2.47. The van der Waals surface area contributed by atoms with Gasteiger partial charge in [-0.25, -0.2) is 4.39 Å². The first-order chi connectivity index (χ1) is 9.63. The lowest BCUT2D eigenvalue weighted by Crippen LogP contribution is -2.36. The summed E-state index contributed by atoms with van der Waals surface area (Å²) in [5.41, 5.74) is 0.397. The molecule has 0 radical (unpaired) electrons. The molecule has 0 aromatic heterocycles. The van der Waals surface area contributed by atoms with Crippen LogP contribution in [0.3, 0.4) is 0 Å². The largest absolute Gasteiger partial charge is 0.379 e. The first-order valence-corrected chi connectivity index (χ1v) is 6.70. The molecule has 5 heteroatoms. The average Bonchev–Trinajstić information content (AvgIpc) is 3.25. The Labute approximate surface area is 116 Å². The number of carbonyl (C=O) groups excluding carboxylic acids is 1. The van der Waals surface area contributed by atoms with Crippen molar-refractivity contribution in [1.82, 2.24) is 4.90 Å². The molecule has 1 amide bonds. The summed E-state index contributed by atoms with van der Waals surface area (Å²) < 4.78 is 18.9. The minimum absolute atomic E-state index is 0.0944. The molecule has 2 fully saturated rings. The minimum atomic E-state index is -0.595. The van der Waals surface area contributed by atoms with Gasteiger partial charge >= 0.3 is 0 Å². The lowest BCUT2D eigenvalue weighted by atomic mass is 10.1. The van der Waals surface area contributed by atoms with Gasteiger partial charge in [0.2, 0.25) is 0 Å². The van der Waals surface area contributed by atoms with Crippen LogP contribution in [-0.4, -0.2) is 37.1 Å². The first-order valence-electron chi connectivity index (χ1n) is 6.70. The van der Waals surface area contributed by atoms with Gasteiger partial charge < -0.3 is 9.64 Å². The summed E-state index contributed by atoms with van der Waals surface area (Å²) in [5.74, 6) is -0.750. The molecule has 0 N–H and O–H groups in total. The minimum Gasteiger partial charge on any atom is -0.379 e. The van der Waals surface area contributed by atoms with Crippen molar-refractivity contribution in [2.75, 3.05) is 26.3 Å². The number of halogens is 1. The van der Waals surface area contributed by atoms with Crippen LogP contribution in [0, 0.1) is 22.6 Å². The van der Waals surface area contributed by atoms with Gasteiger partial charge in [0, 0.05) is 24.1 Å². The number of ether oxygens (including phenoxy) is 1. The van der Waals surface area contributed by atoms with Crippen molar-refractivity contribution in [3.63, 3.8) is 0 Å². The van der Waals surface area contributed by atoms with Crippen molar-refractivity contribution in [1.29, 1.82) is 5.26 Å². The van der Waals surface area contributed by atoms with Crippen LogP contribution in [0.25, 0.3) is 0 Å². The van der Waals surface area contributed by atoms with E-state index in [4.69, 9.17) is 10.00 Å². The molecule has 3 rings (SSSR count). The van der Waals surface area contributed by atoms with E-state index in [1.165, 1.54) is 18.2 Å². The molecule has 1 saturated heterocycles. The SMILES string of the molecule is N#Cc1cc(C(=O)N2CCOCC3(CC3)C2)ccc1F. The van der Waals surface area contributed by atoms with E-state index in [-0.39, 0.29) is 16.9 Å². The summed E-state index contributed by atoms with van der Waals surface area (Å²) in [4.78, 5) is 14.2. The summed E-state index contributed by atoms with van der Waals surface area (Å²) in [6, 6.07) is 5.69. The maximum Gasteiger partial charge on any atom is 0.253 e. The molecule has 1 aliphatic carbocycles. The van der Waals surface area contributed by atoms with Crippen LogP contribution in [0.2, 0.25) is 0 Å². The van der Waals surface area contributed by atoms with Crippen molar-refractivity contribution in [2.45, 2.75) is 12.8 Å². The Kier molecular flexibility index (Phi) is 3.19. The Balaban J connectivity index is 1.83. The zero-order valence-corrected chi connectivity index (χ0v) is 11.1. The molecule has 4 nitrogen and oxygen atoms in total. The predicted octanol–water partition coefficient (Wildman–Crippen LogP) is 1.95. The highest BCUT2D eigenvalue weighted by Crippen LogP contribution is 2.47. The number of carbonyl (C=O) groups is 1. The Bertz CT molecular complexity index is 590. The third-order valence-corrected chi connectivity index (χ3v) is 4.02. The molecule has 0 atom stereocenters. The van der Waals surface area contributed by atoms with Gasteiger partial charge in [0.25, 0.3) is 5.91 Å². The van der Waals surface area contributed by atoms with E-state index in [9.17, 15) is 9.18 Å². The third kappa shape index (κ3) is 2.39. The summed E-state index contributed by atoms with van der Waals surface area (Å²) in [5, 5.41) is 8.84. The smallest absolute Gasteiger partial charge is 0.253 e. The monoisotopic (exact) mass is 274 g/mol. The van der Waals surface area contributed by atoms with Crippen LogP contribution in [0.5, 0.6) is 0 Å². The van der Waals surface area contributed by atoms with Gasteiger partial charge in [-0.05, 0) is 31.0 Å². The summed E-state index contributed by atoms with van der Waals surface area (Å²) in [7, 11) is 0. The Hall–Kier alpha value is -1.93. The molecule has 0 unspecified atom stereocenters. The van der Waals surface area contributed by atoms with E-state index >= 15 is 0 Å². The quantitative estimate of drug-likeness (QED) is 0.786. The number of rotatable bonds is 1. The molecule has 1 aromatic rings. The van der Waals surface area contributed by atoms with Crippen molar-refractivity contribution in [3.8, 4) is 6.07 Å². The second-order valence-corrected chi connectivity index (χ2v) is 5.59. The molecule has 1 spiro atoms. The van der Waals surface area contributed by atoms with E-state index in [0.29, 0.717) is 31.9 Å². The van der Waals surface area contributed by atoms with Crippen LogP contribution in [-0.2, 0) is 4.74 Å². The fourth-order valence-corrected chi connectivity index (χ4v) is 2.57. The number of benzene rings is 1. The molecule has 1 aliphatic heterocycles. The van der Waals surface area contributed by atoms with Gasteiger partial charge in [0.15, 0.2) is 0 Å². The summed E-state index contributed by atoms with van der Waals surface area (Å²) >= 11 is 0. The molecule has 20 heavy (non-hydrogen) atoms. The lowest BCUT2D eigenvalue weighted by Gasteiger charge is -2.23. The van der Waals surface area contributed by atoms with Gasteiger partial charge in [0.1, 0.15) is 11.9 Å². The predicted molar refractivity (Wildman–Crippen MR) is 69.5 cm³/mol. The van der Waals surface area contributed by atoms with Crippen LogP contribution in [0.1, 0.15) is 28.8 Å². The number of hydrogen-bond acceptors (Lipinski definition) is 3. The zero-order valence-electron chi connectivity index (χ0n) is 11.1. The van der Waals surface area contributed by atoms with Gasteiger partial charge in [-0.2, -0.15) is 5.26 Å². The van der Waals surface area contributed by atoms with Crippen molar-refractivity contribution in [3.05, 3.63) is 35.1 Å². The van der Waals surface area contributed by atoms with Crippen molar-refractivity contribution in [2.24, 2.45) is 5.41 Å². The summed E-state index contributed by atoms with van der Waals surface area (Å²) in [6.07, 6.45) is 2.17. The molecule has 104 valence electrons. The molecule has 0 bridgehead atoms. The number of amides is 1. The molecular weight excluding hydrogens is 259 g/mol. The third-order valence-electron chi connectivity index (χ3n) is 4.02. The van der Waals surface area contributed by atoms with E-state index in [1.807, 2.05) is 0 Å². The van der Waals surface area contributed by atoms with Gasteiger partial charge in [-0.3, -0.25) is 4.79 Å². The number of nitrogens with zero attached hydrogens (tertiary/aromatic N) is 2. The fraction of sp³-hybridized carbons (Fsp3) is 0.467. The van der Waals surface area contributed by atoms with Crippen molar-refractivity contribution >= 4 is 5.91 Å². The maximum absolute atomic E-state index is 13.3. The average molecular weight is 274 g/mol. The second kappa shape index (κ2) is 4.88. The standard InChI is InChI=1S/C15H15FN2O2/c16-13-2-1-11(7-12(13)8-17)14(19)18-5-6-20-10-15(9-18)3-4-15/h1-2,7H,3-6,9-10H2. The highest BCUT2D eigenvalue weighted by atomic mass is 19.1. The van der Waals surface area contributed by atoms with E-state index in [0.717, 1.165) is 12.8 Å². The van der Waals surface area contributed by atoms with E-state index < -0.39 is 5.82 Å². The van der Waals surface area contributed by atoms with Crippen molar-refractivity contribution < 1.29 is 13.9 Å². The van der Waals surface area contributed by atoms with Gasteiger partial charge in [0.05, 0.1) is 18.8 Å². The van der Waals surface area contributed by atoms with Crippen LogP contribution in [0.15, 0.2) is 18.2 Å². The van der Waals surface area contributed by atoms with Gasteiger partial charge in [-0.15, -0.1) is 0 Å². The molecular formula is C15H15FN2O2. The number of nitriles is 1. The fourth-order valence-electron chi connectivity index (χ4n) is 2.57. The Morgan fingerprint density at radius 1 is 1.45 bits per heavy atom. The topological polar surface area (TPSA) is 53.3 Å².